The Morgan fingerprint density at radius 2 is 1.69 bits per heavy atom. The van der Waals surface area contributed by atoms with E-state index in [4.69, 9.17) is 0 Å². The summed E-state index contributed by atoms with van der Waals surface area (Å²) in [5.41, 5.74) is 4.01. The monoisotopic (exact) mass is 220 g/mol. The highest BCUT2D eigenvalue weighted by molar-refractivity contribution is 5.30. The van der Waals surface area contributed by atoms with Gasteiger partial charge in [-0.15, -0.1) is 0 Å². The van der Waals surface area contributed by atoms with Crippen molar-refractivity contribution in [3.63, 3.8) is 0 Å². The molecule has 90 valence electrons. The quantitative estimate of drug-likeness (QED) is 0.823. The first-order valence-corrected chi connectivity index (χ1v) is 6.16. The van der Waals surface area contributed by atoms with Crippen molar-refractivity contribution in [2.24, 2.45) is 11.8 Å². The molecular weight excluding hydrogens is 196 g/mol. The minimum absolute atomic E-state index is 0.235. The predicted octanol–water partition coefficient (Wildman–Crippen LogP) is 3.50. The Bertz CT molecular complexity index is 331. The summed E-state index contributed by atoms with van der Waals surface area (Å²) in [5, 5.41) is 9.77. The molecule has 16 heavy (non-hydrogen) atoms. The lowest BCUT2D eigenvalue weighted by atomic mass is 9.85. The second-order valence-corrected chi connectivity index (χ2v) is 5.27. The summed E-state index contributed by atoms with van der Waals surface area (Å²) in [6, 6.07) is 6.59. The van der Waals surface area contributed by atoms with Gasteiger partial charge in [0.05, 0.1) is 6.10 Å². The van der Waals surface area contributed by atoms with E-state index in [1.54, 1.807) is 0 Å². The first-order valence-electron chi connectivity index (χ1n) is 6.16. The Morgan fingerprint density at radius 3 is 2.12 bits per heavy atom. The van der Waals surface area contributed by atoms with Gasteiger partial charge in [-0.2, -0.15) is 0 Å². The van der Waals surface area contributed by atoms with Crippen molar-refractivity contribution in [2.75, 3.05) is 0 Å². The minimum Gasteiger partial charge on any atom is -0.393 e. The number of aliphatic hydroxyl groups excluding tert-OH is 1. The van der Waals surface area contributed by atoms with Crippen molar-refractivity contribution in [1.29, 1.82) is 0 Å². The van der Waals surface area contributed by atoms with Gasteiger partial charge in [0, 0.05) is 0 Å². The third-order valence-electron chi connectivity index (χ3n) is 3.52. The predicted molar refractivity (Wildman–Crippen MR) is 69.6 cm³/mol. The summed E-state index contributed by atoms with van der Waals surface area (Å²) in [4.78, 5) is 0. The van der Waals surface area contributed by atoms with E-state index in [1.807, 2.05) is 6.92 Å². The number of rotatable bonds is 4. The van der Waals surface area contributed by atoms with Crippen molar-refractivity contribution in [2.45, 2.75) is 47.1 Å². The molecule has 0 amide bonds. The zero-order valence-corrected chi connectivity index (χ0v) is 11.1. The first-order chi connectivity index (χ1) is 7.41. The summed E-state index contributed by atoms with van der Waals surface area (Å²) < 4.78 is 0. The molecule has 1 rings (SSSR count). The van der Waals surface area contributed by atoms with Gasteiger partial charge in [0.1, 0.15) is 0 Å². The van der Waals surface area contributed by atoms with Crippen LogP contribution in [0.2, 0.25) is 0 Å². The van der Waals surface area contributed by atoms with Gasteiger partial charge in [-0.1, -0.05) is 32.0 Å². The second kappa shape index (κ2) is 5.49. The van der Waals surface area contributed by atoms with Crippen LogP contribution in [-0.2, 0) is 6.42 Å². The Hall–Kier alpha value is -0.820. The lowest BCUT2D eigenvalue weighted by Crippen LogP contribution is -2.24. The van der Waals surface area contributed by atoms with Crippen molar-refractivity contribution < 1.29 is 5.11 Å². The molecule has 0 spiro atoms. The largest absolute Gasteiger partial charge is 0.393 e. The van der Waals surface area contributed by atoms with E-state index in [2.05, 4.69) is 45.9 Å². The van der Waals surface area contributed by atoms with E-state index >= 15 is 0 Å². The first kappa shape index (κ1) is 13.2. The van der Waals surface area contributed by atoms with E-state index in [-0.39, 0.29) is 6.10 Å². The van der Waals surface area contributed by atoms with Crippen LogP contribution in [0.1, 0.15) is 37.5 Å². The molecule has 1 nitrogen and oxygen atoms in total. The zero-order chi connectivity index (χ0) is 12.3. The van der Waals surface area contributed by atoms with E-state index in [0.717, 1.165) is 6.42 Å². The van der Waals surface area contributed by atoms with Crippen molar-refractivity contribution >= 4 is 0 Å². The molecule has 1 aromatic rings. The summed E-state index contributed by atoms with van der Waals surface area (Å²) in [5.74, 6) is 0.865. The Kier molecular flexibility index (Phi) is 4.55. The maximum atomic E-state index is 9.77. The van der Waals surface area contributed by atoms with Crippen molar-refractivity contribution in [3.8, 4) is 0 Å². The highest BCUT2D eigenvalue weighted by Gasteiger charge is 2.19. The fraction of sp³-hybridized carbons (Fsp3) is 0.600. The van der Waals surface area contributed by atoms with Gasteiger partial charge in [-0.05, 0) is 55.7 Å². The minimum atomic E-state index is -0.235. The molecule has 0 heterocycles. The van der Waals surface area contributed by atoms with Crippen LogP contribution in [-0.4, -0.2) is 11.2 Å². The number of benzene rings is 1. The molecule has 0 aliphatic carbocycles. The molecule has 0 aromatic heterocycles. The van der Waals surface area contributed by atoms with Crippen LogP contribution < -0.4 is 0 Å². The Balaban J connectivity index is 2.81. The van der Waals surface area contributed by atoms with Gasteiger partial charge in [0.2, 0.25) is 0 Å². The molecule has 2 unspecified atom stereocenters. The van der Waals surface area contributed by atoms with Gasteiger partial charge in [0.25, 0.3) is 0 Å². The fourth-order valence-corrected chi connectivity index (χ4v) is 2.17. The smallest absolute Gasteiger partial charge is 0.0545 e. The molecule has 0 radical (unpaired) electrons. The van der Waals surface area contributed by atoms with Crippen LogP contribution in [0.25, 0.3) is 0 Å². The molecule has 0 aliphatic heterocycles. The van der Waals surface area contributed by atoms with Crippen LogP contribution in [0.4, 0.5) is 0 Å². The molecule has 1 N–H and O–H groups in total. The average Bonchev–Trinajstić information content (AvgIpc) is 2.18. The van der Waals surface area contributed by atoms with Crippen molar-refractivity contribution in [1.82, 2.24) is 0 Å². The molecular formula is C15H24O. The zero-order valence-electron chi connectivity index (χ0n) is 11.1. The SMILES string of the molecule is Cc1ccc(CC(C(C)C)C(C)O)cc1C. The van der Waals surface area contributed by atoms with Crippen LogP contribution in [0.15, 0.2) is 18.2 Å². The molecule has 0 saturated heterocycles. The fourth-order valence-electron chi connectivity index (χ4n) is 2.17. The van der Waals surface area contributed by atoms with E-state index in [0.29, 0.717) is 11.8 Å². The molecule has 0 aliphatic rings. The normalized spacial score (nSPS) is 15.2. The molecule has 2 atom stereocenters. The summed E-state index contributed by atoms with van der Waals surface area (Å²) in [6.07, 6.45) is 0.734. The summed E-state index contributed by atoms with van der Waals surface area (Å²) in [6.45, 7) is 10.5. The molecule has 1 heteroatoms. The van der Waals surface area contributed by atoms with Crippen LogP contribution in [0.5, 0.6) is 0 Å². The molecule has 1 aromatic carbocycles. The second-order valence-electron chi connectivity index (χ2n) is 5.27. The van der Waals surface area contributed by atoms with Gasteiger partial charge in [-0.25, -0.2) is 0 Å². The van der Waals surface area contributed by atoms with Gasteiger partial charge >= 0.3 is 0 Å². The van der Waals surface area contributed by atoms with E-state index in [9.17, 15) is 5.11 Å². The molecule has 0 saturated carbocycles. The topological polar surface area (TPSA) is 20.2 Å². The highest BCUT2D eigenvalue weighted by Crippen LogP contribution is 2.22. The standard InChI is InChI=1S/C15H24O/c1-10(2)15(13(5)16)9-14-7-6-11(3)12(4)8-14/h6-8,10,13,15-16H,9H2,1-5H3. The van der Waals surface area contributed by atoms with E-state index < -0.39 is 0 Å². The Morgan fingerprint density at radius 1 is 1.06 bits per heavy atom. The van der Waals surface area contributed by atoms with E-state index in [1.165, 1.54) is 16.7 Å². The average molecular weight is 220 g/mol. The van der Waals surface area contributed by atoms with Crippen LogP contribution in [0.3, 0.4) is 0 Å². The van der Waals surface area contributed by atoms with Gasteiger partial charge < -0.3 is 5.11 Å². The highest BCUT2D eigenvalue weighted by atomic mass is 16.3. The lowest BCUT2D eigenvalue weighted by Gasteiger charge is -2.24. The Labute approximate surface area is 99.5 Å². The van der Waals surface area contributed by atoms with Crippen molar-refractivity contribution in [3.05, 3.63) is 34.9 Å². The lowest BCUT2D eigenvalue weighted by molar-refractivity contribution is 0.0977. The summed E-state index contributed by atoms with van der Waals surface area (Å²) >= 11 is 0. The third-order valence-corrected chi connectivity index (χ3v) is 3.52. The van der Waals surface area contributed by atoms with Crippen LogP contribution in [0, 0.1) is 25.7 Å². The maximum Gasteiger partial charge on any atom is 0.0545 e. The number of hydrogen-bond acceptors (Lipinski definition) is 1. The maximum absolute atomic E-state index is 9.77. The van der Waals surface area contributed by atoms with Gasteiger partial charge in [0.15, 0.2) is 0 Å². The number of hydrogen-bond donors (Lipinski definition) is 1. The number of aliphatic hydroxyl groups is 1. The number of aryl methyl sites for hydroxylation is 2. The van der Waals surface area contributed by atoms with Gasteiger partial charge in [-0.3, -0.25) is 0 Å². The van der Waals surface area contributed by atoms with Crippen LogP contribution >= 0.6 is 0 Å². The molecule has 0 fully saturated rings. The third kappa shape index (κ3) is 3.34. The molecule has 0 bridgehead atoms. The summed E-state index contributed by atoms with van der Waals surface area (Å²) in [7, 11) is 0.